The van der Waals surface area contributed by atoms with E-state index in [4.69, 9.17) is 0 Å². The van der Waals surface area contributed by atoms with Crippen LogP contribution in [0.4, 0.5) is 5.69 Å². The van der Waals surface area contributed by atoms with Crippen molar-refractivity contribution in [3.05, 3.63) is 29.8 Å². The molecule has 1 aromatic carbocycles. The topological polar surface area (TPSA) is 70.2 Å². The van der Waals surface area contributed by atoms with E-state index in [2.05, 4.69) is 16.0 Å². The third-order valence-electron chi connectivity index (χ3n) is 4.91. The number of para-hydroxylation sites is 1. The van der Waals surface area contributed by atoms with Gasteiger partial charge in [0, 0.05) is 24.5 Å². The molecule has 138 valence electrons. The molecule has 0 aromatic heterocycles. The summed E-state index contributed by atoms with van der Waals surface area (Å²) in [5.74, 6) is 0.298. The summed E-state index contributed by atoms with van der Waals surface area (Å²) >= 11 is 0. The number of carbonyl (C=O) groups is 2. The van der Waals surface area contributed by atoms with Crippen LogP contribution in [0, 0.1) is 5.92 Å². The summed E-state index contributed by atoms with van der Waals surface area (Å²) in [5, 5.41) is 9.42. The molecule has 2 atom stereocenters. The van der Waals surface area contributed by atoms with Crippen LogP contribution in [0.15, 0.2) is 24.3 Å². The summed E-state index contributed by atoms with van der Waals surface area (Å²) in [7, 11) is 0. The minimum absolute atomic E-state index is 0. The van der Waals surface area contributed by atoms with Gasteiger partial charge in [-0.1, -0.05) is 12.1 Å². The van der Waals surface area contributed by atoms with Gasteiger partial charge >= 0.3 is 0 Å². The molecular weight excluding hydrogens is 338 g/mol. The van der Waals surface area contributed by atoms with Crippen LogP contribution in [-0.2, 0) is 4.79 Å². The van der Waals surface area contributed by atoms with Gasteiger partial charge in [0.05, 0.1) is 11.3 Å². The molecule has 2 aliphatic rings. The van der Waals surface area contributed by atoms with E-state index in [-0.39, 0.29) is 30.3 Å². The van der Waals surface area contributed by atoms with Crippen LogP contribution in [0.3, 0.4) is 0 Å². The van der Waals surface area contributed by atoms with Gasteiger partial charge in [0.1, 0.15) is 0 Å². The zero-order chi connectivity index (χ0) is 17.1. The van der Waals surface area contributed by atoms with Crippen LogP contribution in [0.5, 0.6) is 0 Å². The van der Waals surface area contributed by atoms with Gasteiger partial charge in [-0.25, -0.2) is 0 Å². The molecule has 0 radical (unpaired) electrons. The molecule has 2 amide bonds. The summed E-state index contributed by atoms with van der Waals surface area (Å²) in [6.07, 6.45) is 5.18. The average Bonchev–Trinajstić information content (AvgIpc) is 2.85. The number of anilines is 1. The quantitative estimate of drug-likeness (QED) is 0.750. The van der Waals surface area contributed by atoms with Crippen LogP contribution >= 0.6 is 12.4 Å². The van der Waals surface area contributed by atoms with E-state index in [1.165, 1.54) is 12.8 Å². The summed E-state index contributed by atoms with van der Waals surface area (Å²) < 4.78 is 0. The van der Waals surface area contributed by atoms with E-state index < -0.39 is 0 Å². The van der Waals surface area contributed by atoms with Gasteiger partial charge < -0.3 is 16.0 Å². The lowest BCUT2D eigenvalue weighted by Crippen LogP contribution is -2.39. The molecule has 0 saturated carbocycles. The zero-order valence-corrected chi connectivity index (χ0v) is 15.7. The summed E-state index contributed by atoms with van der Waals surface area (Å²) in [4.78, 5) is 24.7. The van der Waals surface area contributed by atoms with Crippen molar-refractivity contribution in [3.8, 4) is 0 Å². The number of halogens is 1. The first-order valence-electron chi connectivity index (χ1n) is 8.97. The van der Waals surface area contributed by atoms with E-state index in [0.29, 0.717) is 35.7 Å². The SMILES string of the molecule is CC(C)NC(=O)c1ccccc1NC(=O)CC1CC2CCC(C1)N2.Cl. The van der Waals surface area contributed by atoms with E-state index in [0.717, 1.165) is 12.8 Å². The maximum atomic E-state index is 12.4. The standard InChI is InChI=1S/C19H27N3O2.ClH/c1-12(2)20-19(24)16-5-3-4-6-17(16)22-18(23)11-13-9-14-7-8-15(10-13)21-14;/h3-6,12-15,21H,7-11H2,1-2H3,(H,20,24)(H,22,23);1H. The molecule has 2 bridgehead atoms. The van der Waals surface area contributed by atoms with Gasteiger partial charge in [-0.3, -0.25) is 9.59 Å². The highest BCUT2D eigenvalue weighted by molar-refractivity contribution is 6.03. The molecular formula is C19H28ClN3O2. The monoisotopic (exact) mass is 365 g/mol. The first-order valence-corrected chi connectivity index (χ1v) is 8.97. The number of amides is 2. The maximum Gasteiger partial charge on any atom is 0.253 e. The molecule has 2 unspecified atom stereocenters. The minimum Gasteiger partial charge on any atom is -0.350 e. The zero-order valence-electron chi connectivity index (χ0n) is 14.9. The Morgan fingerprint density at radius 2 is 1.80 bits per heavy atom. The molecule has 25 heavy (non-hydrogen) atoms. The Morgan fingerprint density at radius 3 is 2.44 bits per heavy atom. The Kier molecular flexibility index (Phi) is 6.85. The van der Waals surface area contributed by atoms with Gasteiger partial charge in [-0.15, -0.1) is 12.4 Å². The van der Waals surface area contributed by atoms with E-state index >= 15 is 0 Å². The molecule has 2 fully saturated rings. The summed E-state index contributed by atoms with van der Waals surface area (Å²) in [5.41, 5.74) is 1.11. The second kappa shape index (κ2) is 8.68. The van der Waals surface area contributed by atoms with Gasteiger partial charge in [0.25, 0.3) is 5.91 Å². The molecule has 0 spiro atoms. The number of benzene rings is 1. The van der Waals surface area contributed by atoms with Gasteiger partial charge in [0.15, 0.2) is 0 Å². The molecule has 6 heteroatoms. The van der Waals surface area contributed by atoms with Crippen molar-refractivity contribution in [3.63, 3.8) is 0 Å². The molecule has 2 saturated heterocycles. The van der Waals surface area contributed by atoms with Crippen LogP contribution in [0.1, 0.15) is 56.3 Å². The number of rotatable bonds is 5. The third-order valence-corrected chi connectivity index (χ3v) is 4.91. The normalized spacial score (nSPS) is 24.5. The Hall–Kier alpha value is -1.59. The number of piperidine rings is 1. The fourth-order valence-corrected chi connectivity index (χ4v) is 3.94. The van der Waals surface area contributed by atoms with Gasteiger partial charge in [-0.05, 0) is 57.6 Å². The van der Waals surface area contributed by atoms with E-state index in [1.807, 2.05) is 26.0 Å². The van der Waals surface area contributed by atoms with E-state index in [1.54, 1.807) is 12.1 Å². The second-order valence-corrected chi connectivity index (χ2v) is 7.40. The average molecular weight is 366 g/mol. The first-order chi connectivity index (χ1) is 11.5. The van der Waals surface area contributed by atoms with Crippen molar-refractivity contribution in [2.24, 2.45) is 5.92 Å². The predicted molar refractivity (Wildman–Crippen MR) is 102 cm³/mol. The molecule has 0 aliphatic carbocycles. The van der Waals surface area contributed by atoms with Crippen LogP contribution < -0.4 is 16.0 Å². The smallest absolute Gasteiger partial charge is 0.253 e. The Bertz CT molecular complexity index is 608. The van der Waals surface area contributed by atoms with Gasteiger partial charge in [0.2, 0.25) is 5.91 Å². The predicted octanol–water partition coefficient (Wildman–Crippen LogP) is 3.11. The largest absolute Gasteiger partial charge is 0.350 e. The fraction of sp³-hybridized carbons (Fsp3) is 0.579. The number of hydrogen-bond acceptors (Lipinski definition) is 3. The third kappa shape index (κ3) is 5.19. The Balaban J connectivity index is 0.00000225. The highest BCUT2D eigenvalue weighted by Gasteiger charge is 2.34. The summed E-state index contributed by atoms with van der Waals surface area (Å²) in [6, 6.07) is 8.43. The number of nitrogens with one attached hydrogen (secondary N) is 3. The highest BCUT2D eigenvalue weighted by Crippen LogP contribution is 2.32. The lowest BCUT2D eigenvalue weighted by molar-refractivity contribution is -0.117. The van der Waals surface area contributed by atoms with Crippen molar-refractivity contribution in [1.29, 1.82) is 0 Å². The Labute approximate surface area is 155 Å². The maximum absolute atomic E-state index is 12.4. The molecule has 3 rings (SSSR count). The first kappa shape index (κ1) is 19.7. The van der Waals surface area contributed by atoms with Crippen molar-refractivity contribution in [2.75, 3.05) is 5.32 Å². The van der Waals surface area contributed by atoms with Crippen LogP contribution in [-0.4, -0.2) is 29.9 Å². The van der Waals surface area contributed by atoms with Crippen LogP contribution in [0.2, 0.25) is 0 Å². The minimum atomic E-state index is -0.152. The van der Waals surface area contributed by atoms with Crippen molar-refractivity contribution < 1.29 is 9.59 Å². The van der Waals surface area contributed by atoms with Crippen molar-refractivity contribution in [2.45, 2.75) is 64.1 Å². The lowest BCUT2D eigenvalue weighted by atomic mass is 9.89. The molecule has 3 N–H and O–H groups in total. The number of carbonyl (C=O) groups excluding carboxylic acids is 2. The fourth-order valence-electron chi connectivity index (χ4n) is 3.94. The lowest BCUT2D eigenvalue weighted by Gasteiger charge is -2.28. The second-order valence-electron chi connectivity index (χ2n) is 7.40. The van der Waals surface area contributed by atoms with Gasteiger partial charge in [-0.2, -0.15) is 0 Å². The van der Waals surface area contributed by atoms with Crippen molar-refractivity contribution in [1.82, 2.24) is 10.6 Å². The van der Waals surface area contributed by atoms with Crippen LogP contribution in [0.25, 0.3) is 0 Å². The number of fused-ring (bicyclic) bond motifs is 2. The van der Waals surface area contributed by atoms with Crippen molar-refractivity contribution >= 4 is 29.9 Å². The molecule has 5 nitrogen and oxygen atoms in total. The van der Waals surface area contributed by atoms with E-state index in [9.17, 15) is 9.59 Å². The number of hydrogen-bond donors (Lipinski definition) is 3. The molecule has 2 heterocycles. The summed E-state index contributed by atoms with van der Waals surface area (Å²) in [6.45, 7) is 3.84. The Morgan fingerprint density at radius 1 is 1.16 bits per heavy atom. The molecule has 1 aromatic rings. The molecule has 2 aliphatic heterocycles. The highest BCUT2D eigenvalue weighted by atomic mass is 35.5.